The van der Waals surface area contributed by atoms with Crippen molar-refractivity contribution in [1.29, 1.82) is 0 Å². The molecule has 2 N–H and O–H groups in total. The van der Waals surface area contributed by atoms with E-state index >= 15 is 0 Å². The molecule has 1 atom stereocenters. The number of hydrogen-bond donors (Lipinski definition) is 2. The van der Waals surface area contributed by atoms with E-state index in [9.17, 15) is 17.4 Å². The Morgan fingerprint density at radius 3 is 2.71 bits per heavy atom. The first-order chi connectivity index (χ1) is 9.78. The van der Waals surface area contributed by atoms with Gasteiger partial charge < -0.3 is 4.98 Å². The van der Waals surface area contributed by atoms with Crippen molar-refractivity contribution in [1.82, 2.24) is 15.0 Å². The normalized spacial score (nSPS) is 15.2. The zero-order valence-electron chi connectivity index (χ0n) is 10.1. The standard InChI is InChI=1S/C11H6F3N3O3S/c12-11(13,14)21(18,19)20-9-2-1-6-7-5-15-4-3-8(7)16-10(6)17-9/h1-5H,(H-,16,17,18,19)/p+1. The number of fused-ring (bicyclic) bond motifs is 3. The molecule has 10 heteroatoms. The Bertz CT molecular complexity index is 877. The number of aromatic nitrogens is 3. The van der Waals surface area contributed by atoms with Crippen LogP contribution in [-0.4, -0.2) is 25.0 Å². The zero-order valence-corrected chi connectivity index (χ0v) is 10.9. The number of halogens is 3. The summed E-state index contributed by atoms with van der Waals surface area (Å²) in [5.74, 6) is -0.605. The van der Waals surface area contributed by atoms with E-state index in [0.29, 0.717) is 10.9 Å². The Kier molecular flexibility index (Phi) is 2.88. The van der Waals surface area contributed by atoms with Gasteiger partial charge >= 0.3 is 16.0 Å². The second-order valence-electron chi connectivity index (χ2n) is 4.10. The van der Waals surface area contributed by atoms with Gasteiger partial charge in [-0.25, -0.2) is 4.18 Å². The molecule has 0 bridgehead atoms. The summed E-state index contributed by atoms with van der Waals surface area (Å²) in [5, 5.41) is 1.34. The van der Waals surface area contributed by atoms with Crippen molar-refractivity contribution in [3.05, 3.63) is 30.6 Å². The molecule has 1 unspecified atom stereocenters. The largest absolute Gasteiger partial charge is 0.650 e. The number of hydrogen-bond acceptors (Lipinski definition) is 4. The molecule has 0 spiro atoms. The molecular weight excluding hydrogens is 311 g/mol. The topological polar surface area (TPSA) is 88.1 Å². The highest BCUT2D eigenvalue weighted by atomic mass is 32.3. The highest BCUT2D eigenvalue weighted by Crippen LogP contribution is 2.32. The van der Waals surface area contributed by atoms with Crippen LogP contribution in [0.5, 0.6) is 5.88 Å². The number of aromatic amines is 1. The van der Waals surface area contributed by atoms with Crippen molar-refractivity contribution in [3.8, 4) is 5.88 Å². The van der Waals surface area contributed by atoms with Crippen molar-refractivity contribution in [2.75, 3.05) is 0 Å². The molecule has 0 amide bonds. The summed E-state index contributed by atoms with van der Waals surface area (Å²) in [7, 11) is -5.49. The van der Waals surface area contributed by atoms with Crippen LogP contribution in [0.15, 0.2) is 30.6 Å². The van der Waals surface area contributed by atoms with Crippen molar-refractivity contribution in [3.63, 3.8) is 0 Å². The molecule has 0 saturated carbocycles. The minimum atomic E-state index is -5.49. The van der Waals surface area contributed by atoms with E-state index in [2.05, 4.69) is 19.1 Å². The third-order valence-corrected chi connectivity index (χ3v) is 3.71. The number of rotatable bonds is 2. The molecule has 0 saturated heterocycles. The Morgan fingerprint density at radius 1 is 1.24 bits per heavy atom. The van der Waals surface area contributed by atoms with Gasteiger partial charge in [0.1, 0.15) is 5.65 Å². The van der Waals surface area contributed by atoms with Gasteiger partial charge in [0, 0.05) is 29.2 Å². The summed E-state index contributed by atoms with van der Waals surface area (Å²) in [6.45, 7) is 0. The predicted molar refractivity (Wildman–Crippen MR) is 68.8 cm³/mol. The van der Waals surface area contributed by atoms with Crippen LogP contribution in [-0.2, 0) is 14.7 Å². The lowest BCUT2D eigenvalue weighted by Gasteiger charge is -2.05. The van der Waals surface area contributed by atoms with Gasteiger partial charge in [0.05, 0.1) is 5.52 Å². The molecule has 21 heavy (non-hydrogen) atoms. The molecule has 3 aromatic heterocycles. The Balaban J connectivity index is 2.06. The van der Waals surface area contributed by atoms with Crippen molar-refractivity contribution in [2.45, 2.75) is 5.51 Å². The summed E-state index contributed by atoms with van der Waals surface area (Å²) in [6, 6.07) is 4.19. The number of H-pyrrole nitrogens is 1. The summed E-state index contributed by atoms with van der Waals surface area (Å²) in [6.07, 6.45) is 3.11. The second-order valence-corrected chi connectivity index (χ2v) is 5.68. The van der Waals surface area contributed by atoms with Gasteiger partial charge in [-0.1, -0.05) is 0 Å². The van der Waals surface area contributed by atoms with Crippen LogP contribution in [0.4, 0.5) is 13.2 Å². The van der Waals surface area contributed by atoms with E-state index in [1.807, 2.05) is 0 Å². The van der Waals surface area contributed by atoms with Gasteiger partial charge in [0.25, 0.3) is 5.88 Å². The quantitative estimate of drug-likeness (QED) is 0.709. The molecule has 6 nitrogen and oxygen atoms in total. The van der Waals surface area contributed by atoms with Gasteiger partial charge in [-0.05, 0) is 16.3 Å². The average Bonchev–Trinajstić information content (AvgIpc) is 2.74. The molecule has 0 aliphatic heterocycles. The van der Waals surface area contributed by atoms with Crippen molar-refractivity contribution in [2.24, 2.45) is 0 Å². The molecule has 0 aromatic carbocycles. The van der Waals surface area contributed by atoms with Crippen LogP contribution >= 0.6 is 0 Å². The number of nitrogens with one attached hydrogen (secondary N) is 1. The average molecular weight is 318 g/mol. The SMILES string of the molecule is O=[S+](O)(Oc1ccc2c(n1)[nH]c1ccncc12)C(F)(F)F. The van der Waals surface area contributed by atoms with Gasteiger partial charge in [0.2, 0.25) is 0 Å². The molecule has 0 aliphatic carbocycles. The number of pyridine rings is 2. The van der Waals surface area contributed by atoms with Crippen LogP contribution in [0, 0.1) is 0 Å². The number of alkyl halides is 3. The summed E-state index contributed by atoms with van der Waals surface area (Å²) in [4.78, 5) is 10.6. The minimum absolute atomic E-state index is 0.230. The van der Waals surface area contributed by atoms with E-state index in [1.165, 1.54) is 6.07 Å². The molecule has 110 valence electrons. The zero-order chi connectivity index (χ0) is 15.3. The fourth-order valence-corrected chi connectivity index (χ4v) is 2.23. The predicted octanol–water partition coefficient (Wildman–Crippen LogP) is 2.90. The van der Waals surface area contributed by atoms with Crippen molar-refractivity contribution >= 4 is 32.4 Å². The van der Waals surface area contributed by atoms with Crippen LogP contribution in [0.1, 0.15) is 0 Å². The maximum Gasteiger partial charge on any atom is 0.650 e. The van der Waals surface area contributed by atoms with E-state index in [1.54, 1.807) is 18.5 Å². The third kappa shape index (κ3) is 2.32. The molecule has 0 aliphatic rings. The van der Waals surface area contributed by atoms with Crippen molar-refractivity contribution < 1.29 is 26.1 Å². The van der Waals surface area contributed by atoms with E-state index in [0.717, 1.165) is 11.5 Å². The fraction of sp³-hybridized carbons (Fsp3) is 0.0909. The third-order valence-electron chi connectivity index (χ3n) is 2.72. The second kappa shape index (κ2) is 4.40. The van der Waals surface area contributed by atoms with E-state index in [4.69, 9.17) is 4.55 Å². The first-order valence-corrected chi connectivity index (χ1v) is 6.97. The monoisotopic (exact) mass is 318 g/mol. The van der Waals surface area contributed by atoms with Gasteiger partial charge in [-0.2, -0.15) is 4.98 Å². The maximum absolute atomic E-state index is 12.3. The molecule has 0 radical (unpaired) electrons. The lowest BCUT2D eigenvalue weighted by molar-refractivity contribution is -0.0579. The fourth-order valence-electron chi connectivity index (χ4n) is 1.81. The highest BCUT2D eigenvalue weighted by molar-refractivity contribution is 7.94. The van der Waals surface area contributed by atoms with Gasteiger partial charge in [0.15, 0.2) is 0 Å². The Morgan fingerprint density at radius 2 is 2.00 bits per heavy atom. The van der Waals surface area contributed by atoms with Crippen LogP contribution in [0.3, 0.4) is 0 Å². The van der Waals surface area contributed by atoms with Crippen LogP contribution < -0.4 is 4.18 Å². The molecule has 3 heterocycles. The highest BCUT2D eigenvalue weighted by Gasteiger charge is 2.63. The lowest BCUT2D eigenvalue weighted by Crippen LogP contribution is -2.34. The Labute approximate surface area is 116 Å². The smallest absolute Gasteiger partial charge is 0.339 e. The van der Waals surface area contributed by atoms with Crippen LogP contribution in [0.25, 0.3) is 21.9 Å². The molecular formula is C11H7F3N3O3S+. The summed E-state index contributed by atoms with van der Waals surface area (Å²) in [5.41, 5.74) is -4.48. The van der Waals surface area contributed by atoms with E-state index in [-0.39, 0.29) is 5.65 Å². The number of nitrogens with zero attached hydrogens (tertiary/aromatic N) is 2. The van der Waals surface area contributed by atoms with Gasteiger partial charge in [-0.15, -0.1) is 17.7 Å². The molecule has 3 rings (SSSR count). The lowest BCUT2D eigenvalue weighted by atomic mass is 10.2. The minimum Gasteiger partial charge on any atom is -0.339 e. The Hall–Kier alpha value is -2.20. The van der Waals surface area contributed by atoms with E-state index < -0.39 is 21.9 Å². The first-order valence-electron chi connectivity index (χ1n) is 5.53. The maximum atomic E-state index is 12.3. The molecule has 0 fully saturated rings. The van der Waals surface area contributed by atoms with Gasteiger partial charge in [-0.3, -0.25) is 4.98 Å². The summed E-state index contributed by atoms with van der Waals surface area (Å²) < 4.78 is 60.9. The first kappa shape index (κ1) is 13.8. The summed E-state index contributed by atoms with van der Waals surface area (Å²) >= 11 is 0. The molecule has 3 aromatic rings. The van der Waals surface area contributed by atoms with Crippen LogP contribution in [0.2, 0.25) is 0 Å².